The SMILES string of the molecule is Cc1nc(C2(NC(=O)c3cccc(OCc4cscn4)c3)CCCC2)no1. The Morgan fingerprint density at radius 2 is 2.22 bits per heavy atom. The number of hydrogen-bond donors (Lipinski definition) is 1. The molecule has 1 N–H and O–H groups in total. The highest BCUT2D eigenvalue weighted by atomic mass is 32.1. The van der Waals surface area contributed by atoms with Gasteiger partial charge in [-0.2, -0.15) is 4.98 Å². The van der Waals surface area contributed by atoms with Gasteiger partial charge in [-0.05, 0) is 31.0 Å². The van der Waals surface area contributed by atoms with Gasteiger partial charge in [0.25, 0.3) is 5.91 Å². The van der Waals surface area contributed by atoms with Crippen LogP contribution in [0.1, 0.15) is 53.5 Å². The molecule has 1 saturated carbocycles. The Kier molecular flexibility index (Phi) is 4.89. The molecule has 0 atom stereocenters. The number of carbonyl (C=O) groups excluding carboxylic acids is 1. The highest BCUT2D eigenvalue weighted by molar-refractivity contribution is 7.07. The number of nitrogens with one attached hydrogen (secondary N) is 1. The van der Waals surface area contributed by atoms with Crippen molar-refractivity contribution < 1.29 is 14.1 Å². The lowest BCUT2D eigenvalue weighted by molar-refractivity contribution is 0.0891. The van der Waals surface area contributed by atoms with Crippen LogP contribution in [0.25, 0.3) is 0 Å². The molecule has 1 aliphatic rings. The second kappa shape index (κ2) is 7.48. The van der Waals surface area contributed by atoms with Gasteiger partial charge in [-0.25, -0.2) is 4.98 Å². The van der Waals surface area contributed by atoms with Crippen molar-refractivity contribution in [2.75, 3.05) is 0 Å². The van der Waals surface area contributed by atoms with Crippen LogP contribution in [0.3, 0.4) is 0 Å². The van der Waals surface area contributed by atoms with Crippen molar-refractivity contribution in [2.24, 2.45) is 0 Å². The summed E-state index contributed by atoms with van der Waals surface area (Å²) in [6.45, 7) is 2.13. The van der Waals surface area contributed by atoms with Crippen molar-refractivity contribution in [3.63, 3.8) is 0 Å². The molecule has 0 radical (unpaired) electrons. The van der Waals surface area contributed by atoms with Gasteiger partial charge in [0, 0.05) is 17.9 Å². The van der Waals surface area contributed by atoms with Crippen molar-refractivity contribution >= 4 is 17.2 Å². The minimum atomic E-state index is -0.563. The van der Waals surface area contributed by atoms with E-state index in [0.29, 0.717) is 29.6 Å². The Morgan fingerprint density at radius 3 is 2.93 bits per heavy atom. The Labute approximate surface area is 160 Å². The topological polar surface area (TPSA) is 90.1 Å². The van der Waals surface area contributed by atoms with Gasteiger partial charge in [-0.3, -0.25) is 4.79 Å². The molecule has 0 saturated heterocycles. The number of hydrogen-bond acceptors (Lipinski definition) is 7. The number of aryl methyl sites for hydroxylation is 1. The number of nitrogens with zero attached hydrogens (tertiary/aromatic N) is 3. The van der Waals surface area contributed by atoms with E-state index in [2.05, 4.69) is 20.4 Å². The number of carbonyl (C=O) groups is 1. The second-order valence-electron chi connectivity index (χ2n) is 6.68. The Bertz CT molecular complexity index is 917. The largest absolute Gasteiger partial charge is 0.487 e. The lowest BCUT2D eigenvalue weighted by Crippen LogP contribution is -2.44. The highest BCUT2D eigenvalue weighted by Gasteiger charge is 2.41. The van der Waals surface area contributed by atoms with E-state index in [4.69, 9.17) is 9.26 Å². The number of rotatable bonds is 6. The van der Waals surface area contributed by atoms with Crippen LogP contribution < -0.4 is 10.1 Å². The fourth-order valence-corrected chi connectivity index (χ4v) is 3.90. The predicted octanol–water partition coefficient (Wildman–Crippen LogP) is 3.61. The third kappa shape index (κ3) is 3.85. The van der Waals surface area contributed by atoms with E-state index in [1.54, 1.807) is 24.6 Å². The Hall–Kier alpha value is -2.74. The Morgan fingerprint density at radius 1 is 1.37 bits per heavy atom. The number of ether oxygens (including phenoxy) is 1. The first-order chi connectivity index (χ1) is 13.1. The third-order valence-corrected chi connectivity index (χ3v) is 5.37. The molecule has 0 spiro atoms. The van der Waals surface area contributed by atoms with Gasteiger partial charge >= 0.3 is 0 Å². The summed E-state index contributed by atoms with van der Waals surface area (Å²) >= 11 is 1.52. The Balaban J connectivity index is 1.49. The molecule has 8 heteroatoms. The van der Waals surface area contributed by atoms with Gasteiger partial charge in [-0.1, -0.05) is 24.1 Å². The van der Waals surface area contributed by atoms with Crippen LogP contribution in [0, 0.1) is 6.92 Å². The molecular weight excluding hydrogens is 364 g/mol. The lowest BCUT2D eigenvalue weighted by Gasteiger charge is -2.26. The molecule has 140 valence electrons. The summed E-state index contributed by atoms with van der Waals surface area (Å²) in [6, 6.07) is 7.16. The maximum atomic E-state index is 12.9. The molecule has 1 amide bonds. The average molecular weight is 384 g/mol. The van der Waals surface area contributed by atoms with Crippen molar-refractivity contribution in [2.45, 2.75) is 44.8 Å². The van der Waals surface area contributed by atoms with Crippen molar-refractivity contribution in [3.8, 4) is 5.75 Å². The van der Waals surface area contributed by atoms with Crippen molar-refractivity contribution in [1.82, 2.24) is 20.4 Å². The minimum absolute atomic E-state index is 0.168. The summed E-state index contributed by atoms with van der Waals surface area (Å²) in [5, 5.41) is 9.14. The highest BCUT2D eigenvalue weighted by Crippen LogP contribution is 2.37. The molecular formula is C19H20N4O3S. The first-order valence-corrected chi connectivity index (χ1v) is 9.82. The number of aromatic nitrogens is 3. The lowest BCUT2D eigenvalue weighted by atomic mass is 9.96. The van der Waals surface area contributed by atoms with E-state index in [0.717, 1.165) is 31.4 Å². The zero-order valence-corrected chi connectivity index (χ0v) is 15.8. The van der Waals surface area contributed by atoms with Gasteiger partial charge in [0.2, 0.25) is 5.89 Å². The first kappa shape index (κ1) is 17.7. The summed E-state index contributed by atoms with van der Waals surface area (Å²) in [5.74, 6) is 1.52. The molecule has 0 unspecified atom stereocenters. The van der Waals surface area contributed by atoms with E-state index >= 15 is 0 Å². The van der Waals surface area contributed by atoms with Crippen LogP contribution in [-0.2, 0) is 12.1 Å². The average Bonchev–Trinajstić information content (AvgIpc) is 3.42. The molecule has 1 aromatic carbocycles. The van der Waals surface area contributed by atoms with E-state index in [1.807, 2.05) is 17.5 Å². The third-order valence-electron chi connectivity index (χ3n) is 4.73. The van der Waals surface area contributed by atoms with E-state index in [9.17, 15) is 4.79 Å². The molecule has 3 aromatic rings. The van der Waals surface area contributed by atoms with Gasteiger partial charge in [0.15, 0.2) is 5.82 Å². The first-order valence-electron chi connectivity index (χ1n) is 8.88. The standard InChI is InChI=1S/C19H20N4O3S/c1-13-21-18(23-26-13)19(7-2-3-8-19)22-17(24)14-5-4-6-16(9-14)25-10-15-11-27-12-20-15/h4-6,9,11-12H,2-3,7-8,10H2,1H3,(H,22,24). The van der Waals surface area contributed by atoms with E-state index in [1.165, 1.54) is 11.3 Å². The van der Waals surface area contributed by atoms with Gasteiger partial charge < -0.3 is 14.6 Å². The minimum Gasteiger partial charge on any atom is -0.487 e. The molecule has 7 nitrogen and oxygen atoms in total. The van der Waals surface area contributed by atoms with Gasteiger partial charge in [0.1, 0.15) is 17.9 Å². The second-order valence-corrected chi connectivity index (χ2v) is 7.40. The molecule has 0 bridgehead atoms. The molecule has 27 heavy (non-hydrogen) atoms. The summed E-state index contributed by atoms with van der Waals surface area (Å²) < 4.78 is 10.9. The molecule has 4 rings (SSSR count). The summed E-state index contributed by atoms with van der Waals surface area (Å²) in [4.78, 5) is 21.5. The van der Waals surface area contributed by atoms with E-state index in [-0.39, 0.29) is 5.91 Å². The van der Waals surface area contributed by atoms with Crippen LogP contribution in [-0.4, -0.2) is 21.0 Å². The summed E-state index contributed by atoms with van der Waals surface area (Å²) in [5.41, 5.74) is 2.61. The number of benzene rings is 1. The molecule has 1 aliphatic carbocycles. The van der Waals surface area contributed by atoms with Crippen molar-refractivity contribution in [3.05, 3.63) is 58.1 Å². The quantitative estimate of drug-likeness (QED) is 0.698. The van der Waals surface area contributed by atoms with Crippen molar-refractivity contribution in [1.29, 1.82) is 0 Å². The monoisotopic (exact) mass is 384 g/mol. The summed E-state index contributed by atoms with van der Waals surface area (Å²) in [6.07, 6.45) is 3.64. The predicted molar refractivity (Wildman–Crippen MR) is 99.5 cm³/mol. The number of amides is 1. The van der Waals surface area contributed by atoms with Gasteiger partial charge in [-0.15, -0.1) is 11.3 Å². The molecule has 2 aromatic heterocycles. The smallest absolute Gasteiger partial charge is 0.252 e. The summed E-state index contributed by atoms with van der Waals surface area (Å²) in [7, 11) is 0. The number of thiazole rings is 1. The molecule has 0 aliphatic heterocycles. The normalized spacial score (nSPS) is 15.6. The van der Waals surface area contributed by atoms with Crippen LogP contribution >= 0.6 is 11.3 Å². The van der Waals surface area contributed by atoms with Crippen LogP contribution in [0.5, 0.6) is 5.75 Å². The fraction of sp³-hybridized carbons (Fsp3) is 0.368. The van der Waals surface area contributed by atoms with Crippen LogP contribution in [0.2, 0.25) is 0 Å². The maximum absolute atomic E-state index is 12.9. The molecule has 1 fully saturated rings. The van der Waals surface area contributed by atoms with Crippen LogP contribution in [0.4, 0.5) is 0 Å². The zero-order valence-electron chi connectivity index (χ0n) is 15.0. The maximum Gasteiger partial charge on any atom is 0.252 e. The molecule has 2 heterocycles. The fourth-order valence-electron chi connectivity index (χ4n) is 3.36. The van der Waals surface area contributed by atoms with Gasteiger partial charge in [0.05, 0.1) is 11.2 Å². The zero-order chi connectivity index (χ0) is 18.7. The van der Waals surface area contributed by atoms with Crippen LogP contribution in [0.15, 0.2) is 39.7 Å². The van der Waals surface area contributed by atoms with E-state index < -0.39 is 5.54 Å².